The van der Waals surface area contributed by atoms with Gasteiger partial charge in [-0.25, -0.2) is 0 Å². The van der Waals surface area contributed by atoms with E-state index in [4.69, 9.17) is 12.2 Å². The van der Waals surface area contributed by atoms with Crippen molar-refractivity contribution in [1.29, 1.82) is 0 Å². The molecule has 3 unspecified atom stereocenters. The maximum Gasteiger partial charge on any atom is 0.0690 e. The minimum atomic E-state index is 0.00458. The van der Waals surface area contributed by atoms with E-state index in [0.717, 1.165) is 5.92 Å². The van der Waals surface area contributed by atoms with Crippen LogP contribution in [0.3, 0.4) is 0 Å². The van der Waals surface area contributed by atoms with E-state index in [1.807, 2.05) is 0 Å². The van der Waals surface area contributed by atoms with E-state index in [9.17, 15) is 0 Å². The molecule has 0 aromatic rings. The normalized spacial score (nSPS) is 35.3. The number of rotatable bonds is 1. The molecule has 0 aromatic heterocycles. The molecule has 10 heavy (non-hydrogen) atoms. The Hall–Kier alpha value is -0.480. The van der Waals surface area contributed by atoms with Crippen LogP contribution in [-0.4, -0.2) is 6.04 Å². The van der Waals surface area contributed by atoms with Gasteiger partial charge in [0.05, 0.1) is 6.04 Å². The van der Waals surface area contributed by atoms with Gasteiger partial charge in [0, 0.05) is 0 Å². The van der Waals surface area contributed by atoms with Crippen LogP contribution in [0.4, 0.5) is 0 Å². The molecule has 0 spiro atoms. The van der Waals surface area contributed by atoms with Crippen LogP contribution in [0.15, 0.2) is 0 Å². The molecule has 0 radical (unpaired) electrons. The molecule has 1 heteroatoms. The molecule has 1 aliphatic rings. The highest BCUT2D eigenvalue weighted by atomic mass is 14.6. The van der Waals surface area contributed by atoms with Gasteiger partial charge in [0.15, 0.2) is 0 Å². The van der Waals surface area contributed by atoms with E-state index in [-0.39, 0.29) is 6.04 Å². The van der Waals surface area contributed by atoms with Gasteiger partial charge >= 0.3 is 0 Å². The Labute approximate surface area is 63.0 Å². The van der Waals surface area contributed by atoms with Crippen molar-refractivity contribution in [2.24, 2.45) is 17.6 Å². The summed E-state index contributed by atoms with van der Waals surface area (Å²) in [4.78, 5) is 0. The predicted octanol–water partition coefficient (Wildman–Crippen LogP) is 1.38. The van der Waals surface area contributed by atoms with Crippen LogP contribution >= 0.6 is 0 Å². The van der Waals surface area contributed by atoms with E-state index in [0.29, 0.717) is 5.92 Å². The first kappa shape index (κ1) is 7.63. The van der Waals surface area contributed by atoms with Crippen molar-refractivity contribution in [1.82, 2.24) is 0 Å². The second kappa shape index (κ2) is 3.07. The molecular weight excluding hydrogens is 122 g/mol. The molecule has 1 aliphatic carbocycles. The molecule has 3 atom stereocenters. The van der Waals surface area contributed by atoms with Gasteiger partial charge in [-0.05, 0) is 24.7 Å². The van der Waals surface area contributed by atoms with Gasteiger partial charge in [-0.15, -0.1) is 6.42 Å². The fourth-order valence-corrected chi connectivity index (χ4v) is 1.71. The van der Waals surface area contributed by atoms with Crippen molar-refractivity contribution in [2.75, 3.05) is 0 Å². The molecule has 1 saturated carbocycles. The molecule has 0 amide bonds. The number of terminal acetylenes is 1. The minimum absolute atomic E-state index is 0.00458. The van der Waals surface area contributed by atoms with Crippen LogP contribution in [0.2, 0.25) is 0 Å². The van der Waals surface area contributed by atoms with Gasteiger partial charge in [0.2, 0.25) is 0 Å². The summed E-state index contributed by atoms with van der Waals surface area (Å²) in [5.41, 5.74) is 5.70. The van der Waals surface area contributed by atoms with E-state index in [1.165, 1.54) is 19.3 Å². The average Bonchev–Trinajstić information content (AvgIpc) is 2.34. The molecule has 1 rings (SSSR count). The highest BCUT2D eigenvalue weighted by Gasteiger charge is 2.24. The highest BCUT2D eigenvalue weighted by molar-refractivity contribution is 5.01. The Balaban J connectivity index is 2.39. The van der Waals surface area contributed by atoms with E-state index >= 15 is 0 Å². The predicted molar refractivity (Wildman–Crippen MR) is 43.3 cm³/mol. The third-order valence-corrected chi connectivity index (χ3v) is 2.44. The van der Waals surface area contributed by atoms with Crippen LogP contribution in [0.25, 0.3) is 0 Å². The largest absolute Gasteiger partial charge is 0.317 e. The summed E-state index contributed by atoms with van der Waals surface area (Å²) < 4.78 is 0. The van der Waals surface area contributed by atoms with Gasteiger partial charge in [0.25, 0.3) is 0 Å². The van der Waals surface area contributed by atoms with Gasteiger partial charge in [-0.2, -0.15) is 0 Å². The highest BCUT2D eigenvalue weighted by Crippen LogP contribution is 2.31. The molecule has 0 heterocycles. The summed E-state index contributed by atoms with van der Waals surface area (Å²) in [7, 11) is 0. The summed E-state index contributed by atoms with van der Waals surface area (Å²) >= 11 is 0. The molecule has 0 aromatic carbocycles. The monoisotopic (exact) mass is 137 g/mol. The molecule has 1 nitrogen and oxygen atoms in total. The van der Waals surface area contributed by atoms with Crippen molar-refractivity contribution in [3.05, 3.63) is 0 Å². The molecule has 0 saturated heterocycles. The Morgan fingerprint density at radius 1 is 1.60 bits per heavy atom. The summed E-state index contributed by atoms with van der Waals surface area (Å²) in [5, 5.41) is 0. The van der Waals surface area contributed by atoms with Crippen molar-refractivity contribution < 1.29 is 0 Å². The van der Waals surface area contributed by atoms with Crippen molar-refractivity contribution >= 4 is 0 Å². The summed E-state index contributed by atoms with van der Waals surface area (Å²) in [6.45, 7) is 2.27. The fourth-order valence-electron chi connectivity index (χ4n) is 1.71. The Bertz CT molecular complexity index is 145. The van der Waals surface area contributed by atoms with Crippen molar-refractivity contribution in [3.8, 4) is 12.3 Å². The topological polar surface area (TPSA) is 26.0 Å². The standard InChI is InChI=1S/C9H15N/c1-3-9(10)8-5-4-7(2)6-8/h1,7-9H,4-6,10H2,2H3. The molecule has 1 fully saturated rings. The number of nitrogens with two attached hydrogens (primary N) is 1. The SMILES string of the molecule is C#CC(N)C1CCC(C)C1. The molecule has 0 aliphatic heterocycles. The fraction of sp³-hybridized carbons (Fsp3) is 0.778. The van der Waals surface area contributed by atoms with Gasteiger partial charge in [0.1, 0.15) is 0 Å². The lowest BCUT2D eigenvalue weighted by Crippen LogP contribution is -2.26. The maximum absolute atomic E-state index is 5.70. The zero-order valence-electron chi connectivity index (χ0n) is 6.51. The Morgan fingerprint density at radius 3 is 2.70 bits per heavy atom. The third-order valence-electron chi connectivity index (χ3n) is 2.44. The third kappa shape index (κ3) is 1.52. The van der Waals surface area contributed by atoms with Gasteiger partial charge in [-0.3, -0.25) is 0 Å². The summed E-state index contributed by atoms with van der Waals surface area (Å²) in [5.74, 6) is 4.04. The molecular formula is C9H15N. The van der Waals surface area contributed by atoms with Crippen molar-refractivity contribution in [2.45, 2.75) is 32.2 Å². The van der Waals surface area contributed by atoms with Crippen LogP contribution < -0.4 is 5.73 Å². The molecule has 0 bridgehead atoms. The van der Waals surface area contributed by atoms with Gasteiger partial charge < -0.3 is 5.73 Å². The van der Waals surface area contributed by atoms with E-state index in [1.54, 1.807) is 0 Å². The second-order valence-corrected chi connectivity index (χ2v) is 3.37. The molecule has 56 valence electrons. The minimum Gasteiger partial charge on any atom is -0.317 e. The Morgan fingerprint density at radius 2 is 2.30 bits per heavy atom. The summed E-state index contributed by atoms with van der Waals surface area (Å²) in [6, 6.07) is 0.00458. The summed E-state index contributed by atoms with van der Waals surface area (Å²) in [6.07, 6.45) is 8.98. The lowest BCUT2D eigenvalue weighted by molar-refractivity contribution is 0.478. The lowest BCUT2D eigenvalue weighted by Gasteiger charge is -2.11. The van der Waals surface area contributed by atoms with Crippen LogP contribution in [0, 0.1) is 24.2 Å². The van der Waals surface area contributed by atoms with Crippen molar-refractivity contribution in [3.63, 3.8) is 0 Å². The van der Waals surface area contributed by atoms with E-state index in [2.05, 4.69) is 12.8 Å². The first-order valence-electron chi connectivity index (χ1n) is 3.95. The molecule has 2 N–H and O–H groups in total. The lowest BCUT2D eigenvalue weighted by atomic mass is 9.99. The van der Waals surface area contributed by atoms with E-state index < -0.39 is 0 Å². The first-order valence-corrected chi connectivity index (χ1v) is 3.95. The van der Waals surface area contributed by atoms with Crippen LogP contribution in [0.5, 0.6) is 0 Å². The number of hydrogen-bond donors (Lipinski definition) is 1. The Kier molecular flexibility index (Phi) is 2.34. The maximum atomic E-state index is 5.70. The quantitative estimate of drug-likeness (QED) is 0.543. The number of hydrogen-bond acceptors (Lipinski definition) is 1. The smallest absolute Gasteiger partial charge is 0.0690 e. The van der Waals surface area contributed by atoms with Crippen LogP contribution in [-0.2, 0) is 0 Å². The second-order valence-electron chi connectivity index (χ2n) is 3.37. The van der Waals surface area contributed by atoms with Gasteiger partial charge in [-0.1, -0.05) is 19.3 Å². The zero-order chi connectivity index (χ0) is 7.56. The average molecular weight is 137 g/mol. The first-order chi connectivity index (χ1) is 4.74. The zero-order valence-corrected chi connectivity index (χ0v) is 6.51. The van der Waals surface area contributed by atoms with Crippen LogP contribution in [0.1, 0.15) is 26.2 Å².